The van der Waals surface area contributed by atoms with Crippen molar-refractivity contribution in [1.29, 1.82) is 5.26 Å². The van der Waals surface area contributed by atoms with Crippen LogP contribution in [0.1, 0.15) is 42.5 Å². The lowest BCUT2D eigenvalue weighted by Gasteiger charge is -2.17. The van der Waals surface area contributed by atoms with Gasteiger partial charge in [-0.05, 0) is 37.8 Å². The molecule has 1 aromatic carbocycles. The Morgan fingerprint density at radius 2 is 1.96 bits per heavy atom. The van der Waals surface area contributed by atoms with Crippen molar-refractivity contribution in [3.8, 4) is 11.8 Å². The van der Waals surface area contributed by atoms with E-state index >= 15 is 0 Å². The van der Waals surface area contributed by atoms with Crippen molar-refractivity contribution in [2.75, 3.05) is 18.6 Å². The average molecular weight is 409 g/mol. The van der Waals surface area contributed by atoms with Crippen LogP contribution in [0.3, 0.4) is 0 Å². The molecule has 1 aliphatic carbocycles. The molecule has 2 fully saturated rings. The van der Waals surface area contributed by atoms with Gasteiger partial charge < -0.3 is 4.74 Å². The molecule has 1 saturated carbocycles. The summed E-state index contributed by atoms with van der Waals surface area (Å²) in [5, 5.41) is 9.32. The molecule has 0 N–H and O–H groups in total. The topological polar surface area (TPSA) is 96.6 Å². The molecule has 0 amide bonds. The number of benzene rings is 1. The van der Waals surface area contributed by atoms with E-state index in [0.717, 1.165) is 19.3 Å². The number of nitrogens with zero attached hydrogens (tertiary/aromatic N) is 2. The Morgan fingerprint density at radius 1 is 1.30 bits per heavy atom. The third kappa shape index (κ3) is 4.17. The summed E-state index contributed by atoms with van der Waals surface area (Å²) in [4.78, 5) is 25.1. The Bertz CT molecular complexity index is 928. The first-order valence-corrected chi connectivity index (χ1v) is 11.2. The summed E-state index contributed by atoms with van der Waals surface area (Å²) >= 11 is 6.43. The van der Waals surface area contributed by atoms with Crippen LogP contribution < -0.4 is 4.74 Å². The van der Waals surface area contributed by atoms with Gasteiger partial charge in [-0.25, -0.2) is 4.21 Å². The zero-order valence-corrected chi connectivity index (χ0v) is 16.6. The second kappa shape index (κ2) is 7.99. The second-order valence-corrected chi connectivity index (χ2v) is 9.84. The van der Waals surface area contributed by atoms with E-state index in [-0.39, 0.29) is 28.0 Å². The van der Waals surface area contributed by atoms with Gasteiger partial charge in [-0.1, -0.05) is 18.0 Å². The van der Waals surface area contributed by atoms with Gasteiger partial charge >= 0.3 is 0 Å². The van der Waals surface area contributed by atoms with Crippen LogP contribution in [0.15, 0.2) is 16.5 Å². The van der Waals surface area contributed by atoms with Crippen molar-refractivity contribution in [2.45, 2.75) is 32.1 Å². The number of carbonyl (C=O) groups excluding carboxylic acids is 2. The monoisotopic (exact) mass is 408 g/mol. The van der Waals surface area contributed by atoms with E-state index in [4.69, 9.17) is 16.3 Å². The summed E-state index contributed by atoms with van der Waals surface area (Å²) < 4.78 is 22.7. The standard InChI is InChI=1S/C19H21ClN2O4S/c1-26-15-8-7-13(19(24)14(11-21)18(23)12-5-6-12)16(20)17(15)22-27(25)9-3-2-4-10-27/h7-8,12,14H,2-6,9-10H2,1H3. The Balaban J connectivity index is 2.04. The Labute approximate surface area is 164 Å². The Kier molecular flexibility index (Phi) is 5.87. The molecule has 0 radical (unpaired) electrons. The predicted molar refractivity (Wildman–Crippen MR) is 103 cm³/mol. The summed E-state index contributed by atoms with van der Waals surface area (Å²) in [7, 11) is -1.03. The zero-order chi connectivity index (χ0) is 19.6. The molecule has 8 heteroatoms. The van der Waals surface area contributed by atoms with Gasteiger partial charge in [-0.3, -0.25) is 9.59 Å². The molecule has 1 atom stereocenters. The van der Waals surface area contributed by atoms with Gasteiger partial charge in [0.2, 0.25) is 0 Å². The number of nitriles is 1. The Hall–Kier alpha value is -1.91. The van der Waals surface area contributed by atoms with Gasteiger partial charge in [0.05, 0.1) is 27.9 Å². The highest BCUT2D eigenvalue weighted by Crippen LogP contribution is 2.41. The smallest absolute Gasteiger partial charge is 0.189 e. The summed E-state index contributed by atoms with van der Waals surface area (Å²) in [5.74, 6) is -1.32. The van der Waals surface area contributed by atoms with E-state index in [1.54, 1.807) is 0 Å². The molecule has 144 valence electrons. The lowest BCUT2D eigenvalue weighted by molar-refractivity contribution is -0.121. The molecule has 0 bridgehead atoms. The van der Waals surface area contributed by atoms with E-state index in [2.05, 4.69) is 4.36 Å². The molecule has 0 spiro atoms. The van der Waals surface area contributed by atoms with Crippen molar-refractivity contribution in [3.63, 3.8) is 0 Å². The molecule has 1 aliphatic heterocycles. The third-order valence-corrected chi connectivity index (χ3v) is 7.66. The first-order chi connectivity index (χ1) is 12.9. The molecule has 27 heavy (non-hydrogen) atoms. The van der Waals surface area contributed by atoms with E-state index in [1.807, 2.05) is 6.07 Å². The molecule has 0 aromatic heterocycles. The fourth-order valence-corrected chi connectivity index (χ4v) is 5.74. The van der Waals surface area contributed by atoms with Crippen molar-refractivity contribution in [2.24, 2.45) is 16.2 Å². The molecule has 3 rings (SSSR count). The van der Waals surface area contributed by atoms with Gasteiger partial charge in [0.15, 0.2) is 17.5 Å². The number of rotatable bonds is 6. The van der Waals surface area contributed by atoms with Gasteiger partial charge in [0.1, 0.15) is 11.4 Å². The predicted octanol–water partition coefficient (Wildman–Crippen LogP) is 3.93. The van der Waals surface area contributed by atoms with Gasteiger partial charge in [-0.15, -0.1) is 0 Å². The van der Waals surface area contributed by atoms with Crippen LogP contribution in [0.5, 0.6) is 5.75 Å². The number of hydrogen-bond donors (Lipinski definition) is 0. The lowest BCUT2D eigenvalue weighted by atomic mass is 9.92. The lowest BCUT2D eigenvalue weighted by Crippen LogP contribution is -2.24. The number of methoxy groups -OCH3 is 1. The summed E-state index contributed by atoms with van der Waals surface area (Å²) in [5.41, 5.74) is 0.197. The van der Waals surface area contributed by atoms with Crippen molar-refractivity contribution in [3.05, 3.63) is 22.7 Å². The highest BCUT2D eigenvalue weighted by Gasteiger charge is 2.39. The van der Waals surface area contributed by atoms with Crippen LogP contribution in [-0.4, -0.2) is 34.4 Å². The summed E-state index contributed by atoms with van der Waals surface area (Å²) in [6, 6.07) is 4.75. The first kappa shape index (κ1) is 19.8. The van der Waals surface area contributed by atoms with Crippen LogP contribution in [0.2, 0.25) is 5.02 Å². The van der Waals surface area contributed by atoms with Crippen LogP contribution in [0, 0.1) is 23.2 Å². The molecule has 6 nitrogen and oxygen atoms in total. The van der Waals surface area contributed by atoms with Gasteiger partial charge in [-0.2, -0.15) is 9.62 Å². The van der Waals surface area contributed by atoms with E-state index in [9.17, 15) is 19.1 Å². The third-order valence-electron chi connectivity index (χ3n) is 4.90. The number of Topliss-reactive ketones (excluding diaryl/α,β-unsaturated/α-hetero) is 2. The number of halogens is 1. The highest BCUT2D eigenvalue weighted by molar-refractivity contribution is 7.93. The quantitative estimate of drug-likeness (QED) is 0.524. The SMILES string of the molecule is COc1ccc(C(=O)C(C#N)C(=O)C2CC2)c(Cl)c1N=S1(=O)CCCCC1. The minimum Gasteiger partial charge on any atom is -0.494 e. The maximum Gasteiger partial charge on any atom is 0.189 e. The van der Waals surface area contributed by atoms with Crippen molar-refractivity contribution < 1.29 is 18.5 Å². The number of ketones is 2. The van der Waals surface area contributed by atoms with Gasteiger partial charge in [0, 0.05) is 23.0 Å². The minimum absolute atomic E-state index is 0.0171. The van der Waals surface area contributed by atoms with Crippen molar-refractivity contribution in [1.82, 2.24) is 0 Å². The van der Waals surface area contributed by atoms with Gasteiger partial charge in [0.25, 0.3) is 0 Å². The molecule has 1 unspecified atom stereocenters. The fourth-order valence-electron chi connectivity index (χ4n) is 3.19. The highest BCUT2D eigenvalue weighted by atomic mass is 35.5. The molecule has 2 aliphatic rings. The molecular formula is C19H21ClN2O4S. The maximum atomic E-state index is 13.0. The second-order valence-electron chi connectivity index (χ2n) is 6.91. The number of ether oxygens (including phenoxy) is 1. The van der Waals surface area contributed by atoms with E-state index in [0.29, 0.717) is 30.1 Å². The maximum absolute atomic E-state index is 13.0. The van der Waals surface area contributed by atoms with E-state index < -0.39 is 21.4 Å². The summed E-state index contributed by atoms with van der Waals surface area (Å²) in [6.45, 7) is 0. The first-order valence-electron chi connectivity index (χ1n) is 8.97. The fraction of sp³-hybridized carbons (Fsp3) is 0.526. The van der Waals surface area contributed by atoms with E-state index in [1.165, 1.54) is 19.2 Å². The average Bonchev–Trinajstić information content (AvgIpc) is 3.49. The molecule has 1 saturated heterocycles. The molecule has 1 heterocycles. The molecular weight excluding hydrogens is 388 g/mol. The van der Waals surface area contributed by atoms with Crippen LogP contribution in [0.4, 0.5) is 5.69 Å². The normalized spacial score (nSPS) is 19.6. The number of carbonyl (C=O) groups is 2. The van der Waals surface area contributed by atoms with Crippen LogP contribution in [0.25, 0.3) is 0 Å². The minimum atomic E-state index is -2.47. The largest absolute Gasteiger partial charge is 0.494 e. The summed E-state index contributed by atoms with van der Waals surface area (Å²) in [6.07, 6.45) is 4.09. The Morgan fingerprint density at radius 3 is 2.52 bits per heavy atom. The number of hydrogen-bond acceptors (Lipinski definition) is 6. The van der Waals surface area contributed by atoms with Crippen LogP contribution in [-0.2, 0) is 14.5 Å². The van der Waals surface area contributed by atoms with Crippen molar-refractivity contribution >= 4 is 38.6 Å². The molecule has 1 aromatic rings. The van der Waals surface area contributed by atoms with Crippen LogP contribution >= 0.6 is 11.6 Å². The zero-order valence-electron chi connectivity index (χ0n) is 15.1.